The first kappa shape index (κ1) is 14.6. The molecule has 1 aromatic carbocycles. The smallest absolute Gasteiger partial charge is 0.387 e. The Kier molecular flexibility index (Phi) is 4.80. The lowest BCUT2D eigenvalue weighted by molar-refractivity contribution is -0.0774. The van der Waals surface area contributed by atoms with E-state index in [0.717, 1.165) is 19.2 Å². The summed E-state index contributed by atoms with van der Waals surface area (Å²) in [7, 11) is 2.35. The van der Waals surface area contributed by atoms with Gasteiger partial charge in [-0.15, -0.1) is 0 Å². The quantitative estimate of drug-likeness (QED) is 0.798. The van der Waals surface area contributed by atoms with Crippen LogP contribution in [0.2, 0.25) is 5.02 Å². The van der Waals surface area contributed by atoms with E-state index in [0.29, 0.717) is 5.06 Å². The van der Waals surface area contributed by atoms with E-state index in [1.54, 1.807) is 0 Å². The molecule has 0 aromatic heterocycles. The second-order valence-corrected chi connectivity index (χ2v) is 3.51. The standard InChI is InChI=1S/C10H9ClF3NO3/c1-15(17-2)9(16)7-6(18-10(13)14)4-3-5(11)8(7)12/h3-4,10H,1-2H3. The molecule has 0 unspecified atom stereocenters. The molecule has 0 aliphatic heterocycles. The molecule has 1 amide bonds. The fourth-order valence-electron chi connectivity index (χ4n) is 1.17. The zero-order valence-corrected chi connectivity index (χ0v) is 10.2. The Morgan fingerprint density at radius 1 is 1.44 bits per heavy atom. The summed E-state index contributed by atoms with van der Waals surface area (Å²) in [6, 6.07) is 1.99. The van der Waals surface area contributed by atoms with Gasteiger partial charge in [-0.05, 0) is 12.1 Å². The van der Waals surface area contributed by atoms with Gasteiger partial charge in [-0.1, -0.05) is 11.6 Å². The lowest BCUT2D eigenvalue weighted by atomic mass is 10.1. The van der Waals surface area contributed by atoms with Crippen molar-refractivity contribution < 1.29 is 27.5 Å². The van der Waals surface area contributed by atoms with Crippen LogP contribution < -0.4 is 4.74 Å². The first-order valence-corrected chi connectivity index (χ1v) is 5.01. The van der Waals surface area contributed by atoms with Crippen molar-refractivity contribution in [2.24, 2.45) is 0 Å². The van der Waals surface area contributed by atoms with Gasteiger partial charge in [0.15, 0.2) is 5.82 Å². The second kappa shape index (κ2) is 5.92. The molecule has 0 aliphatic rings. The summed E-state index contributed by atoms with van der Waals surface area (Å²) >= 11 is 5.48. The van der Waals surface area contributed by atoms with Crippen LogP contribution in [0.4, 0.5) is 13.2 Å². The molecule has 0 saturated heterocycles. The number of halogens is 4. The minimum absolute atomic E-state index is 0.385. The fourth-order valence-corrected chi connectivity index (χ4v) is 1.32. The molecule has 0 heterocycles. The molecule has 1 rings (SSSR count). The number of carbonyl (C=O) groups is 1. The van der Waals surface area contributed by atoms with Crippen LogP contribution in [0.1, 0.15) is 10.4 Å². The van der Waals surface area contributed by atoms with E-state index < -0.39 is 29.6 Å². The summed E-state index contributed by atoms with van der Waals surface area (Å²) < 4.78 is 42.1. The number of hydroxylamine groups is 2. The first-order valence-electron chi connectivity index (χ1n) is 4.63. The molecule has 0 bridgehead atoms. The molecular weight excluding hydrogens is 275 g/mol. The average molecular weight is 284 g/mol. The van der Waals surface area contributed by atoms with Crippen LogP contribution in [0.3, 0.4) is 0 Å². The van der Waals surface area contributed by atoms with Gasteiger partial charge in [0.1, 0.15) is 11.3 Å². The van der Waals surface area contributed by atoms with Crippen LogP contribution >= 0.6 is 11.6 Å². The zero-order valence-electron chi connectivity index (χ0n) is 9.42. The summed E-state index contributed by atoms with van der Waals surface area (Å²) in [6.07, 6.45) is 0. The molecule has 0 atom stereocenters. The summed E-state index contributed by atoms with van der Waals surface area (Å²) in [4.78, 5) is 16.3. The molecule has 0 radical (unpaired) electrons. The molecule has 18 heavy (non-hydrogen) atoms. The van der Waals surface area contributed by atoms with Crippen LogP contribution in [0.15, 0.2) is 12.1 Å². The van der Waals surface area contributed by atoms with E-state index in [1.165, 1.54) is 7.05 Å². The maximum atomic E-state index is 13.7. The number of alkyl halides is 2. The van der Waals surface area contributed by atoms with Gasteiger partial charge in [-0.2, -0.15) is 8.78 Å². The maximum Gasteiger partial charge on any atom is 0.387 e. The van der Waals surface area contributed by atoms with Gasteiger partial charge >= 0.3 is 6.61 Å². The number of rotatable bonds is 4. The zero-order chi connectivity index (χ0) is 13.9. The third-order valence-electron chi connectivity index (χ3n) is 2.05. The molecule has 0 spiro atoms. The monoisotopic (exact) mass is 283 g/mol. The van der Waals surface area contributed by atoms with Crippen LogP contribution in [0, 0.1) is 5.82 Å². The number of nitrogens with zero attached hydrogens (tertiary/aromatic N) is 1. The highest BCUT2D eigenvalue weighted by Crippen LogP contribution is 2.29. The number of hydrogen-bond donors (Lipinski definition) is 0. The van der Waals surface area contributed by atoms with Gasteiger partial charge in [-0.3, -0.25) is 9.63 Å². The summed E-state index contributed by atoms with van der Waals surface area (Å²) in [5.74, 6) is -2.75. The highest BCUT2D eigenvalue weighted by atomic mass is 35.5. The highest BCUT2D eigenvalue weighted by Gasteiger charge is 2.25. The second-order valence-electron chi connectivity index (χ2n) is 3.10. The summed E-state index contributed by atoms with van der Waals surface area (Å²) in [5, 5.41) is 0.275. The predicted octanol–water partition coefficient (Wildman–Crippen LogP) is 2.71. The minimum Gasteiger partial charge on any atom is -0.434 e. The number of amides is 1. The Morgan fingerprint density at radius 3 is 2.56 bits per heavy atom. The predicted molar refractivity (Wildman–Crippen MR) is 57.1 cm³/mol. The van der Waals surface area contributed by atoms with Gasteiger partial charge in [0.2, 0.25) is 0 Å². The van der Waals surface area contributed by atoms with E-state index in [1.807, 2.05) is 0 Å². The third kappa shape index (κ3) is 3.05. The minimum atomic E-state index is -3.19. The number of hydrogen-bond acceptors (Lipinski definition) is 3. The van der Waals surface area contributed by atoms with Crippen molar-refractivity contribution in [3.8, 4) is 5.75 Å². The Bertz CT molecular complexity index is 456. The van der Waals surface area contributed by atoms with Crippen LogP contribution in [0.5, 0.6) is 5.75 Å². The normalized spacial score (nSPS) is 10.6. The van der Waals surface area contributed by atoms with Gasteiger partial charge in [-0.25, -0.2) is 9.45 Å². The van der Waals surface area contributed by atoms with E-state index in [-0.39, 0.29) is 5.02 Å². The molecule has 0 N–H and O–H groups in total. The maximum absolute atomic E-state index is 13.7. The Morgan fingerprint density at radius 2 is 2.06 bits per heavy atom. The van der Waals surface area contributed by atoms with Crippen molar-refractivity contribution in [3.63, 3.8) is 0 Å². The molecule has 1 aromatic rings. The third-order valence-corrected chi connectivity index (χ3v) is 2.34. The SMILES string of the molecule is CON(C)C(=O)c1c(OC(F)F)ccc(Cl)c1F. The summed E-state index contributed by atoms with van der Waals surface area (Å²) in [6.45, 7) is -3.19. The van der Waals surface area contributed by atoms with Crippen molar-refractivity contribution in [1.29, 1.82) is 0 Å². The lowest BCUT2D eigenvalue weighted by Gasteiger charge is -2.17. The fraction of sp³-hybridized carbons (Fsp3) is 0.300. The molecule has 0 fully saturated rings. The average Bonchev–Trinajstić information content (AvgIpc) is 2.32. The first-order chi connectivity index (χ1) is 8.38. The van der Waals surface area contributed by atoms with Crippen molar-refractivity contribution in [3.05, 3.63) is 28.5 Å². The van der Waals surface area contributed by atoms with Crippen LogP contribution in [-0.2, 0) is 4.84 Å². The Labute approximate surface area is 106 Å². The molecule has 4 nitrogen and oxygen atoms in total. The number of ether oxygens (including phenoxy) is 1. The molecule has 8 heteroatoms. The van der Waals surface area contributed by atoms with E-state index in [2.05, 4.69) is 9.57 Å². The largest absolute Gasteiger partial charge is 0.434 e. The van der Waals surface area contributed by atoms with Crippen LogP contribution in [0.25, 0.3) is 0 Å². The van der Waals surface area contributed by atoms with Gasteiger partial charge < -0.3 is 4.74 Å². The Hall–Kier alpha value is -1.47. The van der Waals surface area contributed by atoms with Gasteiger partial charge in [0.25, 0.3) is 5.91 Å². The topological polar surface area (TPSA) is 38.8 Å². The van der Waals surface area contributed by atoms with Crippen molar-refractivity contribution in [2.75, 3.05) is 14.2 Å². The van der Waals surface area contributed by atoms with Crippen molar-refractivity contribution in [1.82, 2.24) is 5.06 Å². The van der Waals surface area contributed by atoms with Crippen LogP contribution in [-0.4, -0.2) is 31.7 Å². The number of carbonyl (C=O) groups excluding carboxylic acids is 1. The Balaban J connectivity index is 3.28. The molecular formula is C10H9ClF3NO3. The number of benzene rings is 1. The molecule has 0 aliphatic carbocycles. The molecule has 100 valence electrons. The lowest BCUT2D eigenvalue weighted by Crippen LogP contribution is -2.27. The van der Waals surface area contributed by atoms with Crippen molar-refractivity contribution >= 4 is 17.5 Å². The van der Waals surface area contributed by atoms with E-state index >= 15 is 0 Å². The van der Waals surface area contributed by atoms with Gasteiger partial charge in [0, 0.05) is 7.05 Å². The summed E-state index contributed by atoms with van der Waals surface area (Å²) in [5.41, 5.74) is -0.716. The highest BCUT2D eigenvalue weighted by molar-refractivity contribution is 6.31. The van der Waals surface area contributed by atoms with Crippen molar-refractivity contribution in [2.45, 2.75) is 6.61 Å². The van der Waals surface area contributed by atoms with Gasteiger partial charge in [0.05, 0.1) is 12.1 Å². The van der Waals surface area contributed by atoms with E-state index in [4.69, 9.17) is 11.6 Å². The molecule has 0 saturated carbocycles. The van der Waals surface area contributed by atoms with E-state index in [9.17, 15) is 18.0 Å².